The summed E-state index contributed by atoms with van der Waals surface area (Å²) in [5, 5.41) is 18.8. The van der Waals surface area contributed by atoms with Crippen molar-refractivity contribution in [2.45, 2.75) is 0 Å². The molecule has 0 N–H and O–H groups in total. The summed E-state index contributed by atoms with van der Waals surface area (Å²) in [7, 11) is 0. The minimum Gasteiger partial charge on any atom is -0.465 e. The van der Waals surface area contributed by atoms with Crippen molar-refractivity contribution >= 4 is 11.9 Å². The largest absolute Gasteiger partial charge is 0.465 e. The van der Waals surface area contributed by atoms with Gasteiger partial charge in [0.15, 0.2) is 5.57 Å². The maximum absolute atomic E-state index is 13.6. The van der Waals surface area contributed by atoms with Crippen LogP contribution in [0.15, 0.2) is 119 Å². The SMILES string of the molecule is N#CC(C#N)=C1C=CC=CN1C(=Cc1ccco1)C(=O)c1ccc(-c2ccccc2)cc1. The number of allylic oxidation sites excluding steroid dienone is 5. The van der Waals surface area contributed by atoms with Crippen molar-refractivity contribution in [2.24, 2.45) is 0 Å². The highest BCUT2D eigenvalue weighted by Gasteiger charge is 2.24. The van der Waals surface area contributed by atoms with Gasteiger partial charge in [-0.05, 0) is 35.4 Å². The smallest absolute Gasteiger partial charge is 0.209 e. The van der Waals surface area contributed by atoms with E-state index in [1.165, 1.54) is 11.2 Å². The molecule has 0 atom stereocenters. The van der Waals surface area contributed by atoms with Crippen LogP contribution in [0.1, 0.15) is 16.1 Å². The van der Waals surface area contributed by atoms with Gasteiger partial charge in [-0.1, -0.05) is 60.7 Å². The Morgan fingerprint density at radius 3 is 2.25 bits per heavy atom. The molecule has 4 rings (SSSR count). The second-order valence-corrected chi connectivity index (χ2v) is 6.87. The second kappa shape index (κ2) is 9.30. The van der Waals surface area contributed by atoms with Crippen LogP contribution in [0.25, 0.3) is 17.2 Å². The second-order valence-electron chi connectivity index (χ2n) is 6.87. The summed E-state index contributed by atoms with van der Waals surface area (Å²) in [4.78, 5) is 15.1. The fourth-order valence-electron chi connectivity index (χ4n) is 3.34. The van der Waals surface area contributed by atoms with Gasteiger partial charge in [-0.2, -0.15) is 10.5 Å². The summed E-state index contributed by atoms with van der Waals surface area (Å²) in [6, 6.07) is 24.5. The van der Waals surface area contributed by atoms with E-state index in [0.29, 0.717) is 17.0 Å². The van der Waals surface area contributed by atoms with E-state index in [4.69, 9.17) is 4.42 Å². The van der Waals surface area contributed by atoms with Gasteiger partial charge in [-0.25, -0.2) is 0 Å². The molecule has 5 nitrogen and oxygen atoms in total. The number of ketones is 1. The van der Waals surface area contributed by atoms with Crippen molar-refractivity contribution in [1.29, 1.82) is 10.5 Å². The molecule has 0 radical (unpaired) electrons. The molecule has 0 fully saturated rings. The zero-order valence-corrected chi connectivity index (χ0v) is 17.0. The quantitative estimate of drug-likeness (QED) is 0.296. The summed E-state index contributed by atoms with van der Waals surface area (Å²) in [5.41, 5.74) is 3.01. The topological polar surface area (TPSA) is 81.0 Å². The van der Waals surface area contributed by atoms with E-state index in [0.717, 1.165) is 11.1 Å². The van der Waals surface area contributed by atoms with Gasteiger partial charge in [0, 0.05) is 17.8 Å². The molecule has 0 aliphatic carbocycles. The molecule has 32 heavy (non-hydrogen) atoms. The van der Waals surface area contributed by atoms with Gasteiger partial charge in [-0.3, -0.25) is 4.79 Å². The summed E-state index contributed by atoms with van der Waals surface area (Å²) in [5.74, 6) is 0.209. The van der Waals surface area contributed by atoms with Crippen LogP contribution < -0.4 is 0 Å². The van der Waals surface area contributed by atoms with Gasteiger partial charge in [0.25, 0.3) is 0 Å². The van der Waals surface area contributed by atoms with Crippen LogP contribution in [0.5, 0.6) is 0 Å². The first-order chi connectivity index (χ1) is 15.7. The molecule has 0 saturated carbocycles. The van der Waals surface area contributed by atoms with Gasteiger partial charge in [0.1, 0.15) is 17.9 Å². The number of hydrogen-bond acceptors (Lipinski definition) is 5. The van der Waals surface area contributed by atoms with E-state index in [2.05, 4.69) is 0 Å². The Morgan fingerprint density at radius 1 is 0.875 bits per heavy atom. The molecule has 1 aliphatic rings. The minimum absolute atomic E-state index is 0.0943. The lowest BCUT2D eigenvalue weighted by atomic mass is 10.00. The lowest BCUT2D eigenvalue weighted by Crippen LogP contribution is -2.24. The van der Waals surface area contributed by atoms with Crippen molar-refractivity contribution in [2.75, 3.05) is 0 Å². The number of rotatable bonds is 5. The molecule has 0 unspecified atom stereocenters. The molecule has 5 heteroatoms. The Bertz CT molecular complexity index is 1310. The third kappa shape index (κ3) is 4.18. The van der Waals surface area contributed by atoms with E-state index >= 15 is 0 Å². The van der Waals surface area contributed by atoms with E-state index in [-0.39, 0.29) is 17.1 Å². The Morgan fingerprint density at radius 2 is 1.59 bits per heavy atom. The molecule has 1 aliphatic heterocycles. The van der Waals surface area contributed by atoms with Gasteiger partial charge < -0.3 is 9.32 Å². The molecule has 0 amide bonds. The first-order valence-electron chi connectivity index (χ1n) is 9.85. The number of furan rings is 1. The highest BCUT2D eigenvalue weighted by atomic mass is 16.3. The zero-order chi connectivity index (χ0) is 22.3. The highest BCUT2D eigenvalue weighted by Crippen LogP contribution is 2.27. The number of nitrogens with zero attached hydrogens (tertiary/aromatic N) is 3. The summed E-state index contributed by atoms with van der Waals surface area (Å²) >= 11 is 0. The van der Waals surface area contributed by atoms with Crippen molar-refractivity contribution in [3.8, 4) is 23.3 Å². The Kier molecular flexibility index (Phi) is 5.93. The molecule has 0 saturated heterocycles. The van der Waals surface area contributed by atoms with Crippen LogP contribution in [0, 0.1) is 22.7 Å². The first kappa shape index (κ1) is 20.4. The molecular formula is C27H17N3O2. The van der Waals surface area contributed by atoms with Crippen LogP contribution in [0.2, 0.25) is 0 Å². The third-order valence-electron chi connectivity index (χ3n) is 4.91. The Hall–Kier alpha value is -4.87. The number of Topliss-reactive ketones (excluding diaryl/α,β-unsaturated/α-hetero) is 1. The predicted octanol–water partition coefficient (Wildman–Crippen LogP) is 5.86. The Labute approximate surface area is 185 Å². The molecule has 152 valence electrons. The van der Waals surface area contributed by atoms with Crippen molar-refractivity contribution in [3.05, 3.63) is 126 Å². The zero-order valence-electron chi connectivity index (χ0n) is 17.0. The number of carbonyl (C=O) groups is 1. The molecule has 3 aromatic rings. The van der Waals surface area contributed by atoms with Gasteiger partial charge in [0.05, 0.1) is 17.7 Å². The highest BCUT2D eigenvalue weighted by molar-refractivity contribution is 6.11. The molecule has 0 spiro atoms. The molecule has 2 aromatic carbocycles. The summed E-state index contributed by atoms with van der Waals surface area (Å²) < 4.78 is 5.42. The summed E-state index contributed by atoms with van der Waals surface area (Å²) in [6.45, 7) is 0. The standard InChI is InChI=1S/C27H17N3O2/c28-18-23(19-29)25-10-4-5-15-30(25)26(17-24-9-6-16-32-24)27(31)22-13-11-21(12-14-22)20-7-2-1-3-8-20/h1-17H. The maximum atomic E-state index is 13.6. The maximum Gasteiger partial charge on any atom is 0.209 e. The van der Waals surface area contributed by atoms with E-state index in [1.807, 2.05) is 54.6 Å². The van der Waals surface area contributed by atoms with E-state index < -0.39 is 0 Å². The number of hydrogen-bond donors (Lipinski definition) is 0. The first-order valence-corrected chi connectivity index (χ1v) is 9.85. The van der Waals surface area contributed by atoms with E-state index in [1.54, 1.807) is 54.8 Å². The average molecular weight is 415 g/mol. The van der Waals surface area contributed by atoms with E-state index in [9.17, 15) is 15.3 Å². The number of benzene rings is 2. The number of nitriles is 2. The molecule has 2 heterocycles. The molecule has 1 aromatic heterocycles. The lowest BCUT2D eigenvalue weighted by molar-refractivity contribution is 0.101. The summed E-state index contributed by atoms with van der Waals surface area (Å²) in [6.07, 6.45) is 9.84. The van der Waals surface area contributed by atoms with Crippen molar-refractivity contribution in [3.63, 3.8) is 0 Å². The minimum atomic E-state index is -0.270. The molecular weight excluding hydrogens is 398 g/mol. The van der Waals surface area contributed by atoms with Crippen molar-refractivity contribution in [1.82, 2.24) is 4.90 Å². The normalized spacial score (nSPS) is 12.9. The number of carbonyl (C=O) groups excluding carboxylic acids is 1. The van der Waals surface area contributed by atoms with Crippen LogP contribution in [-0.4, -0.2) is 10.7 Å². The predicted molar refractivity (Wildman–Crippen MR) is 121 cm³/mol. The van der Waals surface area contributed by atoms with Crippen LogP contribution in [0.3, 0.4) is 0 Å². The van der Waals surface area contributed by atoms with Crippen LogP contribution in [-0.2, 0) is 0 Å². The Balaban J connectivity index is 1.77. The molecule has 0 bridgehead atoms. The van der Waals surface area contributed by atoms with Crippen molar-refractivity contribution < 1.29 is 9.21 Å². The van der Waals surface area contributed by atoms with Gasteiger partial charge in [-0.15, -0.1) is 0 Å². The fourth-order valence-corrected chi connectivity index (χ4v) is 3.34. The van der Waals surface area contributed by atoms with Gasteiger partial charge in [0.2, 0.25) is 5.78 Å². The average Bonchev–Trinajstić information content (AvgIpc) is 3.37. The lowest BCUT2D eigenvalue weighted by Gasteiger charge is -2.25. The monoisotopic (exact) mass is 415 g/mol. The fraction of sp³-hybridized carbons (Fsp3) is 0. The van der Waals surface area contributed by atoms with Crippen LogP contribution >= 0.6 is 0 Å². The third-order valence-corrected chi connectivity index (χ3v) is 4.91. The van der Waals surface area contributed by atoms with Gasteiger partial charge >= 0.3 is 0 Å². The van der Waals surface area contributed by atoms with Crippen LogP contribution in [0.4, 0.5) is 0 Å².